The van der Waals surface area contributed by atoms with E-state index in [1.165, 1.54) is 24.7 Å². The van der Waals surface area contributed by atoms with Gasteiger partial charge in [0.25, 0.3) is 0 Å². The van der Waals surface area contributed by atoms with Gasteiger partial charge >= 0.3 is 12.1 Å². The van der Waals surface area contributed by atoms with Crippen LogP contribution in [-0.4, -0.2) is 56.4 Å². The first-order valence-electron chi connectivity index (χ1n) is 12.8. The second-order valence-corrected chi connectivity index (χ2v) is 10.7. The third-order valence-corrected chi connectivity index (χ3v) is 9.27. The lowest BCUT2D eigenvalue weighted by molar-refractivity contribution is -0.147. The Kier molecular flexibility index (Phi) is 5.47. The fraction of sp³-hybridized carbons (Fsp3) is 0.630. The number of piperidine rings is 1. The number of methoxy groups -OCH3 is 2. The van der Waals surface area contributed by atoms with E-state index in [0.717, 1.165) is 37.2 Å². The van der Waals surface area contributed by atoms with Crippen LogP contribution in [0, 0.1) is 17.8 Å². The van der Waals surface area contributed by atoms with Crippen LogP contribution < -0.4 is 15.2 Å². The highest BCUT2D eigenvalue weighted by atomic mass is 16.6. The topological polar surface area (TPSA) is 100 Å². The monoisotopic (exact) mass is 482 g/mol. The fourth-order valence-corrected chi connectivity index (χ4v) is 7.76. The molecule has 2 bridgehead atoms. The highest BCUT2D eigenvalue weighted by Crippen LogP contribution is 2.65. The summed E-state index contributed by atoms with van der Waals surface area (Å²) in [6.07, 6.45) is 7.71. The smallest absolute Gasteiger partial charge is 0.415 e. The summed E-state index contributed by atoms with van der Waals surface area (Å²) < 4.78 is 23.3. The van der Waals surface area contributed by atoms with Crippen LogP contribution in [0.3, 0.4) is 0 Å². The molecule has 1 saturated carbocycles. The number of hydrogen-bond acceptors (Lipinski definition) is 7. The van der Waals surface area contributed by atoms with Crippen molar-refractivity contribution in [2.45, 2.75) is 62.5 Å². The van der Waals surface area contributed by atoms with Gasteiger partial charge < -0.3 is 29.6 Å². The molecule has 0 radical (unpaired) electrons. The SMILES string of the molecule is COC(=O)C1CCN(C(=O)OC2=CC[C@H]3[C@@H]4CCC[C@@]35c3c(ccc(OC)c3O[C@@H]25)C4)C(CN)C1. The number of likely N-dealkylation sites (tertiary alicyclic amines) is 1. The van der Waals surface area contributed by atoms with Gasteiger partial charge in [-0.25, -0.2) is 4.79 Å². The zero-order valence-corrected chi connectivity index (χ0v) is 20.5. The van der Waals surface area contributed by atoms with Gasteiger partial charge in [0.1, 0.15) is 5.76 Å². The number of carbonyl (C=O) groups is 2. The molecule has 1 spiro atoms. The Labute approximate surface area is 205 Å². The second kappa shape index (κ2) is 8.43. The lowest BCUT2D eigenvalue weighted by Gasteiger charge is -2.53. The fourth-order valence-electron chi connectivity index (χ4n) is 7.76. The van der Waals surface area contributed by atoms with Crippen LogP contribution in [0.1, 0.15) is 49.7 Å². The Morgan fingerprint density at radius 2 is 2.11 bits per heavy atom. The van der Waals surface area contributed by atoms with E-state index in [2.05, 4.69) is 12.1 Å². The Morgan fingerprint density at radius 3 is 2.89 bits per heavy atom. The van der Waals surface area contributed by atoms with Crippen molar-refractivity contribution in [3.8, 4) is 11.5 Å². The van der Waals surface area contributed by atoms with E-state index in [9.17, 15) is 9.59 Å². The molecule has 35 heavy (non-hydrogen) atoms. The van der Waals surface area contributed by atoms with Crippen LogP contribution in [0.25, 0.3) is 0 Å². The van der Waals surface area contributed by atoms with E-state index in [1.807, 2.05) is 6.07 Å². The van der Waals surface area contributed by atoms with Gasteiger partial charge in [0.05, 0.1) is 20.1 Å². The van der Waals surface area contributed by atoms with E-state index in [1.54, 1.807) is 12.0 Å². The van der Waals surface area contributed by atoms with Crippen molar-refractivity contribution in [1.82, 2.24) is 4.90 Å². The van der Waals surface area contributed by atoms with Crippen molar-refractivity contribution in [3.05, 3.63) is 35.1 Å². The van der Waals surface area contributed by atoms with Crippen molar-refractivity contribution in [3.63, 3.8) is 0 Å². The van der Waals surface area contributed by atoms with Crippen molar-refractivity contribution < 1.29 is 28.5 Å². The molecule has 8 nitrogen and oxygen atoms in total. The van der Waals surface area contributed by atoms with Crippen LogP contribution in [0.15, 0.2) is 24.0 Å². The molecule has 8 heteroatoms. The first-order valence-corrected chi connectivity index (χ1v) is 12.8. The maximum absolute atomic E-state index is 13.4. The van der Waals surface area contributed by atoms with Gasteiger partial charge in [-0.3, -0.25) is 4.79 Å². The Bertz CT molecular complexity index is 1090. The predicted octanol–water partition coefficient (Wildman–Crippen LogP) is 3.30. The molecule has 188 valence electrons. The highest BCUT2D eigenvalue weighted by Gasteiger charge is 2.63. The number of hydrogen-bond donors (Lipinski definition) is 1. The van der Waals surface area contributed by atoms with Crippen LogP contribution in [-0.2, 0) is 26.1 Å². The number of ether oxygens (including phenoxy) is 4. The molecule has 6 rings (SSSR count). The summed E-state index contributed by atoms with van der Waals surface area (Å²) in [6, 6.07) is 3.93. The zero-order chi connectivity index (χ0) is 24.3. The van der Waals surface area contributed by atoms with Gasteiger partial charge in [0, 0.05) is 30.1 Å². The van der Waals surface area contributed by atoms with E-state index in [-0.39, 0.29) is 36.0 Å². The molecule has 1 saturated heterocycles. The molecule has 2 unspecified atom stereocenters. The molecule has 2 fully saturated rings. The molecule has 1 aromatic carbocycles. The molecule has 1 aromatic rings. The predicted molar refractivity (Wildman–Crippen MR) is 127 cm³/mol. The summed E-state index contributed by atoms with van der Waals surface area (Å²) in [6.45, 7) is 0.675. The molecule has 5 aliphatic rings. The summed E-state index contributed by atoms with van der Waals surface area (Å²) in [5.74, 6) is 2.78. The molecule has 6 atom stereocenters. The van der Waals surface area contributed by atoms with E-state index in [0.29, 0.717) is 37.0 Å². The molecule has 3 aliphatic carbocycles. The number of carbonyl (C=O) groups excluding carboxylic acids is 2. The number of amides is 1. The van der Waals surface area contributed by atoms with Gasteiger partial charge in [0.15, 0.2) is 17.6 Å². The van der Waals surface area contributed by atoms with Crippen molar-refractivity contribution in [2.75, 3.05) is 27.3 Å². The van der Waals surface area contributed by atoms with E-state index >= 15 is 0 Å². The van der Waals surface area contributed by atoms with Crippen LogP contribution >= 0.6 is 0 Å². The minimum Gasteiger partial charge on any atom is -0.493 e. The Morgan fingerprint density at radius 1 is 1.26 bits per heavy atom. The molecular formula is C27H34N2O6. The van der Waals surface area contributed by atoms with Gasteiger partial charge in [-0.2, -0.15) is 0 Å². The maximum atomic E-state index is 13.4. The Hall–Kier alpha value is -2.74. The second-order valence-electron chi connectivity index (χ2n) is 10.7. The zero-order valence-electron chi connectivity index (χ0n) is 20.5. The maximum Gasteiger partial charge on any atom is 0.415 e. The number of benzene rings is 1. The van der Waals surface area contributed by atoms with Gasteiger partial charge in [-0.05, 0) is 68.1 Å². The normalized spacial score (nSPS) is 34.3. The number of nitrogens with zero attached hydrogens (tertiary/aromatic N) is 1. The van der Waals surface area contributed by atoms with Crippen LogP contribution in [0.2, 0.25) is 0 Å². The van der Waals surface area contributed by atoms with Crippen LogP contribution in [0.5, 0.6) is 11.5 Å². The van der Waals surface area contributed by atoms with Gasteiger partial charge in [-0.15, -0.1) is 0 Å². The lowest BCUT2D eigenvalue weighted by atomic mass is 9.49. The van der Waals surface area contributed by atoms with Crippen molar-refractivity contribution in [1.29, 1.82) is 0 Å². The number of nitrogens with two attached hydrogens (primary N) is 1. The summed E-state index contributed by atoms with van der Waals surface area (Å²) >= 11 is 0. The first kappa shape index (κ1) is 22.7. The number of allylic oxidation sites excluding steroid dienone is 1. The third-order valence-electron chi connectivity index (χ3n) is 9.27. The Balaban J connectivity index is 1.29. The molecule has 2 aliphatic heterocycles. The van der Waals surface area contributed by atoms with Gasteiger partial charge in [-0.1, -0.05) is 12.5 Å². The highest BCUT2D eigenvalue weighted by molar-refractivity contribution is 5.74. The minimum atomic E-state index is -0.417. The standard InChI is InChI=1S/C27H34N2O6/c1-32-20-7-5-16-12-15-4-3-10-27-19(15)6-8-21(24(27)35-23(20)22(16)27)34-26(31)29-11-9-17(25(30)33-2)13-18(29)14-28/h5,7-8,15,17-19,24H,3-4,6,9-14,28H2,1-2H3/t15-,17?,18?,19+,24+,27+/m1/s1. The quantitative estimate of drug-likeness (QED) is 0.657. The van der Waals surface area contributed by atoms with Gasteiger partial charge in [0.2, 0.25) is 0 Å². The molecule has 1 amide bonds. The summed E-state index contributed by atoms with van der Waals surface area (Å²) in [5.41, 5.74) is 8.46. The molecule has 2 heterocycles. The summed E-state index contributed by atoms with van der Waals surface area (Å²) in [4.78, 5) is 27.1. The third kappa shape index (κ3) is 3.21. The lowest BCUT2D eigenvalue weighted by Crippen LogP contribution is -2.56. The molecule has 2 N–H and O–H groups in total. The first-order chi connectivity index (χ1) is 17.0. The number of esters is 1. The van der Waals surface area contributed by atoms with E-state index < -0.39 is 6.09 Å². The summed E-state index contributed by atoms with van der Waals surface area (Å²) in [7, 11) is 3.07. The average Bonchev–Trinajstić information content (AvgIpc) is 3.23. The molecular weight excluding hydrogens is 448 g/mol. The van der Waals surface area contributed by atoms with Crippen LogP contribution in [0.4, 0.5) is 4.79 Å². The largest absolute Gasteiger partial charge is 0.493 e. The minimum absolute atomic E-state index is 0.171. The average molecular weight is 483 g/mol. The van der Waals surface area contributed by atoms with Crippen molar-refractivity contribution >= 4 is 12.1 Å². The summed E-state index contributed by atoms with van der Waals surface area (Å²) in [5, 5.41) is 0. The number of rotatable bonds is 4. The van der Waals surface area contributed by atoms with E-state index in [4.69, 9.17) is 24.7 Å². The molecule has 0 aromatic heterocycles. The van der Waals surface area contributed by atoms with Crippen molar-refractivity contribution in [2.24, 2.45) is 23.5 Å².